The van der Waals surface area contributed by atoms with Gasteiger partial charge in [0.2, 0.25) is 0 Å². The summed E-state index contributed by atoms with van der Waals surface area (Å²) in [6.07, 6.45) is 0.722. The molecule has 0 aliphatic rings. The molecule has 0 aromatic heterocycles. The minimum absolute atomic E-state index is 0.681. The van der Waals surface area contributed by atoms with Crippen LogP contribution >= 0.6 is 0 Å². The van der Waals surface area contributed by atoms with Crippen LogP contribution in [0.3, 0.4) is 0 Å². The van der Waals surface area contributed by atoms with Crippen molar-refractivity contribution in [2.75, 3.05) is 0 Å². The quantitative estimate of drug-likeness (QED) is 0.170. The zero-order valence-corrected chi connectivity index (χ0v) is 2.25. The summed E-state index contributed by atoms with van der Waals surface area (Å²) < 4.78 is 0. The molecule has 0 spiro atoms. The summed E-state index contributed by atoms with van der Waals surface area (Å²) in [6, 6.07) is 0. The fraction of sp³-hybridized carbons (Fsp3) is 0. The maximum atomic E-state index is 8.81. The second-order valence-corrected chi connectivity index (χ2v) is 0.381. The zero-order valence-electron chi connectivity index (χ0n) is 2.25. The lowest BCUT2D eigenvalue weighted by Gasteiger charge is -1.53. The summed E-state index contributed by atoms with van der Waals surface area (Å²) in [6.45, 7) is 0. The maximum Gasteiger partial charge on any atom is 0.539 e. The van der Waals surface area contributed by atoms with E-state index in [0.717, 1.165) is 6.08 Å². The topological polar surface area (TPSA) is 60.5 Å². The lowest BCUT2D eigenvalue weighted by molar-refractivity contribution is -0.953. The summed E-state index contributed by atoms with van der Waals surface area (Å²) in [5, 5.41) is 14.7. The van der Waals surface area contributed by atoms with E-state index in [0.29, 0.717) is 0 Å². The first-order valence-corrected chi connectivity index (χ1v) is 0.828. The third kappa shape index (κ3) is 2.98. The van der Waals surface area contributed by atoms with Crippen molar-refractivity contribution in [3.63, 3.8) is 0 Å². The van der Waals surface area contributed by atoms with E-state index >= 15 is 0 Å². The van der Waals surface area contributed by atoms with Crippen LogP contribution in [-0.2, 0) is 4.79 Å². The molecule has 0 fully saturated rings. The van der Waals surface area contributed by atoms with Gasteiger partial charge in [-0.15, -0.1) is 0 Å². The van der Waals surface area contributed by atoms with Gasteiger partial charge in [-0.25, -0.2) is 10.4 Å². The first-order chi connectivity index (χ1) is 2.27. The van der Waals surface area contributed by atoms with Crippen LogP contribution in [0.5, 0.6) is 0 Å². The van der Waals surface area contributed by atoms with Gasteiger partial charge in [0.1, 0.15) is 0 Å². The summed E-state index contributed by atoms with van der Waals surface area (Å²) in [4.78, 5) is 8.12. The Balaban J connectivity index is 3.60. The molecule has 0 heterocycles. The van der Waals surface area contributed by atoms with Crippen LogP contribution in [0.2, 0.25) is 0 Å². The molecule has 0 unspecified atom stereocenters. The predicted octanol–water partition coefficient (Wildman–Crippen LogP) is -0.887. The van der Waals surface area contributed by atoms with E-state index < -0.39 is 4.90 Å². The number of hydrogen-bond donors (Lipinski definition) is 2. The van der Waals surface area contributed by atoms with Gasteiger partial charge in [-0.2, -0.15) is 4.79 Å². The molecule has 5 heavy (non-hydrogen) atoms. The Hall–Kier alpha value is -1.02. The van der Waals surface area contributed by atoms with Gasteiger partial charge in [-0.3, -0.25) is 0 Å². The van der Waals surface area contributed by atoms with E-state index in [1.807, 2.05) is 0 Å². The van der Waals surface area contributed by atoms with Crippen LogP contribution in [0.1, 0.15) is 0 Å². The Bertz CT molecular complexity index is 67.0. The zero-order chi connectivity index (χ0) is 4.28. The van der Waals surface area contributed by atoms with E-state index in [9.17, 15) is 0 Å². The molecule has 28 valence electrons. The van der Waals surface area contributed by atoms with Gasteiger partial charge in [0, 0.05) is 0 Å². The van der Waals surface area contributed by atoms with Gasteiger partial charge in [0.15, 0.2) is 0 Å². The van der Waals surface area contributed by atoms with Crippen LogP contribution in [0.15, 0.2) is 0 Å². The fourth-order valence-corrected chi connectivity index (χ4v) is 0. The Morgan fingerprint density at radius 1 is 1.60 bits per heavy atom. The normalized spacial score (nSPS) is 5.60. The minimum atomic E-state index is -0.681. The van der Waals surface area contributed by atoms with Crippen molar-refractivity contribution in [1.29, 1.82) is 0 Å². The molecule has 0 saturated carbocycles. The second-order valence-electron chi connectivity index (χ2n) is 0.381. The summed E-state index contributed by atoms with van der Waals surface area (Å²) in [7, 11) is 0. The summed E-state index contributed by atoms with van der Waals surface area (Å²) >= 11 is 0. The molecule has 2 N–H and O–H groups in total. The fourth-order valence-electron chi connectivity index (χ4n) is 0. The third-order valence-electron chi connectivity index (χ3n) is 0.0816. The number of rotatable bonds is 0. The van der Waals surface area contributed by atoms with Crippen molar-refractivity contribution in [1.82, 2.24) is 0 Å². The molecule has 0 aliphatic heterocycles. The van der Waals surface area contributed by atoms with Gasteiger partial charge < -0.3 is 0 Å². The summed E-state index contributed by atoms with van der Waals surface area (Å²) in [5.74, 6) is 0. The van der Waals surface area contributed by atoms with Crippen molar-refractivity contribution in [2.45, 2.75) is 0 Å². The van der Waals surface area contributed by atoms with Gasteiger partial charge in [-0.1, -0.05) is 0 Å². The summed E-state index contributed by atoms with van der Waals surface area (Å²) in [5.41, 5.74) is 0. The van der Waals surface area contributed by atoms with Crippen molar-refractivity contribution in [3.8, 4) is 0 Å². The molecule has 0 rings (SSSR count). The molecule has 4 nitrogen and oxygen atoms in total. The average Bonchev–Trinajstić information content (AvgIpc) is 1.38. The van der Waals surface area contributed by atoms with E-state index in [2.05, 4.69) is 0 Å². The van der Waals surface area contributed by atoms with Crippen LogP contribution in [-0.4, -0.2) is 21.4 Å². The Morgan fingerprint density at radius 2 is 1.80 bits per heavy atom. The third-order valence-corrected chi connectivity index (χ3v) is 0.0816. The van der Waals surface area contributed by atoms with Crippen LogP contribution < -0.4 is 0 Å². The molecular formula is CH2NO3+. The van der Waals surface area contributed by atoms with Gasteiger partial charge in [-0.05, 0) is 0 Å². The number of carbonyl (C=O) groups excluding carboxylic acids is 1. The molecule has 0 bridgehead atoms. The Morgan fingerprint density at radius 3 is 1.80 bits per heavy atom. The molecule has 0 saturated heterocycles. The monoisotopic (exact) mass is 76.0 g/mol. The molecule has 0 aliphatic carbocycles. The van der Waals surface area contributed by atoms with Crippen LogP contribution in [0.4, 0.5) is 0 Å². The average molecular weight is 76.0 g/mol. The smallest absolute Gasteiger partial charge is 0.233 e. The first-order valence-electron chi connectivity index (χ1n) is 0.828. The van der Waals surface area contributed by atoms with Crippen molar-refractivity contribution < 1.29 is 20.1 Å². The highest BCUT2D eigenvalue weighted by molar-refractivity contribution is 5.23. The standard InChI is InChI=1S/CH2NO3/c3-1-2(4)5/h4-5H/q+1. The first kappa shape index (κ1) is 3.98. The molecule has 0 aromatic rings. The number of isocyanates is 1. The molecule has 0 amide bonds. The van der Waals surface area contributed by atoms with Crippen LogP contribution in [0, 0.1) is 0 Å². The minimum Gasteiger partial charge on any atom is -0.233 e. The van der Waals surface area contributed by atoms with E-state index in [1.165, 1.54) is 0 Å². The highest BCUT2D eigenvalue weighted by Crippen LogP contribution is 1.31. The number of nitrogens with zero attached hydrogens (tertiary/aromatic N) is 1. The highest BCUT2D eigenvalue weighted by Gasteiger charge is 1.79. The largest absolute Gasteiger partial charge is 0.539 e. The van der Waals surface area contributed by atoms with E-state index in [4.69, 9.17) is 15.2 Å². The second kappa shape index (κ2) is 1.32. The highest BCUT2D eigenvalue weighted by atomic mass is 16.8. The molecular weight excluding hydrogens is 74.0 g/mol. The number of hydrogen-bond acceptors (Lipinski definition) is 3. The van der Waals surface area contributed by atoms with Crippen LogP contribution in [0.25, 0.3) is 0 Å². The van der Waals surface area contributed by atoms with Gasteiger partial charge >= 0.3 is 6.08 Å². The van der Waals surface area contributed by atoms with Gasteiger partial charge in [0.05, 0.1) is 0 Å². The SMILES string of the molecule is O=C=[N+](O)O. The molecule has 4 heteroatoms. The Labute approximate surface area is 27.5 Å². The molecule has 0 radical (unpaired) electrons. The molecule has 0 atom stereocenters. The maximum absolute atomic E-state index is 8.81. The van der Waals surface area contributed by atoms with Crippen molar-refractivity contribution >= 4 is 6.08 Å². The van der Waals surface area contributed by atoms with E-state index in [-0.39, 0.29) is 0 Å². The lowest BCUT2D eigenvalue weighted by Crippen LogP contribution is -1.93. The van der Waals surface area contributed by atoms with Gasteiger partial charge in [0.25, 0.3) is 4.90 Å². The lowest BCUT2D eigenvalue weighted by atomic mass is 11.6. The van der Waals surface area contributed by atoms with Crippen molar-refractivity contribution in [2.24, 2.45) is 0 Å². The predicted molar refractivity (Wildman–Crippen MR) is 9.53 cm³/mol. The van der Waals surface area contributed by atoms with Crippen molar-refractivity contribution in [3.05, 3.63) is 0 Å². The van der Waals surface area contributed by atoms with E-state index in [1.54, 1.807) is 0 Å². The Kier molecular flexibility index (Phi) is 1.05. The molecule has 0 aromatic carbocycles.